The van der Waals surface area contributed by atoms with Gasteiger partial charge in [-0.3, -0.25) is 0 Å². The average Bonchev–Trinajstić information content (AvgIpc) is 2.09. The van der Waals surface area contributed by atoms with E-state index in [1.807, 2.05) is 0 Å². The summed E-state index contributed by atoms with van der Waals surface area (Å²) in [6, 6.07) is 0. The van der Waals surface area contributed by atoms with Crippen LogP contribution in [0.25, 0.3) is 0 Å². The van der Waals surface area contributed by atoms with Gasteiger partial charge in [0.15, 0.2) is 0 Å². The van der Waals surface area contributed by atoms with E-state index in [-0.39, 0.29) is 0 Å². The van der Waals surface area contributed by atoms with E-state index < -0.39 is 35.9 Å². The summed E-state index contributed by atoms with van der Waals surface area (Å²) in [5, 5.41) is 37.8. The van der Waals surface area contributed by atoms with Crippen molar-refractivity contribution in [3.05, 3.63) is 0 Å². The largest absolute Gasteiger partial charge is 0.394 e. The summed E-state index contributed by atoms with van der Waals surface area (Å²) in [5.41, 5.74) is 0. The van der Waals surface area contributed by atoms with Crippen molar-refractivity contribution in [3.8, 4) is 0 Å². The van der Waals surface area contributed by atoms with E-state index in [9.17, 15) is 15.3 Å². The Labute approximate surface area is 86.1 Å². The number of rotatable bonds is 1. The molecular formula is C6H11BrO5. The zero-order valence-corrected chi connectivity index (χ0v) is 7.24. The molecule has 5 unspecified atom stereocenters. The number of hydrogen-bond acceptors (Lipinski definition) is 5. The number of ether oxygens (including phenoxy) is 1. The van der Waals surface area contributed by atoms with Crippen molar-refractivity contribution in [1.82, 2.24) is 0 Å². The molecule has 1 heterocycles. The van der Waals surface area contributed by atoms with Gasteiger partial charge in [-0.15, -0.1) is 0 Å². The van der Waals surface area contributed by atoms with Crippen LogP contribution in [0.2, 0.25) is 0 Å². The van der Waals surface area contributed by atoms with E-state index in [1.54, 1.807) is 0 Å². The lowest BCUT2D eigenvalue weighted by Gasteiger charge is -2.37. The Morgan fingerprint density at radius 3 is 2.42 bits per heavy atom. The van der Waals surface area contributed by atoms with E-state index in [0.29, 0.717) is 0 Å². The minimum atomic E-state index is -3.73. The van der Waals surface area contributed by atoms with Gasteiger partial charge in [-0.1, -0.05) is 15.9 Å². The molecule has 12 heavy (non-hydrogen) atoms. The van der Waals surface area contributed by atoms with Gasteiger partial charge in [-0.2, -0.15) is 0 Å². The van der Waals surface area contributed by atoms with Crippen LogP contribution in [0.3, 0.4) is 0 Å². The van der Waals surface area contributed by atoms with Crippen molar-refractivity contribution < 1.29 is 33.4 Å². The van der Waals surface area contributed by atoms with Gasteiger partial charge >= 0.3 is 0 Å². The van der Waals surface area contributed by atoms with Crippen LogP contribution in [0, 0.1) is 0 Å². The minimum absolute atomic E-state index is 2.33. The van der Waals surface area contributed by atoms with Crippen molar-refractivity contribution in [3.63, 3.8) is 0 Å². The van der Waals surface area contributed by atoms with Crippen LogP contribution >= 0.6 is 15.9 Å². The van der Waals surface area contributed by atoms with Crippen LogP contribution in [-0.4, -0.2) is 56.3 Å². The third-order valence-electron chi connectivity index (χ3n) is 1.24. The van der Waals surface area contributed by atoms with Gasteiger partial charge in [0.1, 0.15) is 29.3 Å². The van der Waals surface area contributed by atoms with E-state index in [0.717, 1.165) is 0 Å². The third-order valence-corrected chi connectivity index (χ3v) is 1.80. The summed E-state index contributed by atoms with van der Waals surface area (Å²) >= 11 is 2.33. The topological polar surface area (TPSA) is 90.2 Å². The zero-order chi connectivity index (χ0) is 14.8. The van der Waals surface area contributed by atoms with Crippen molar-refractivity contribution in [1.29, 1.82) is 0 Å². The van der Waals surface area contributed by atoms with Crippen LogP contribution in [0.4, 0.5) is 0 Å². The average molecular weight is 249 g/mol. The fourth-order valence-electron chi connectivity index (χ4n) is 0.641. The van der Waals surface area contributed by atoms with Crippen LogP contribution in [0.1, 0.15) is 8.22 Å². The molecule has 1 aliphatic rings. The van der Waals surface area contributed by atoms with Crippen LogP contribution in [0.15, 0.2) is 0 Å². The molecule has 1 rings (SSSR count). The molecule has 0 aromatic carbocycles. The first-order valence-electron chi connectivity index (χ1n) is 5.85. The van der Waals surface area contributed by atoms with Gasteiger partial charge in [0.05, 0.1) is 14.8 Å². The monoisotopic (exact) mass is 248 g/mol. The molecule has 0 radical (unpaired) electrons. The van der Waals surface area contributed by atoms with Crippen molar-refractivity contribution in [2.24, 2.45) is 0 Å². The molecule has 1 aliphatic heterocycles. The Hall–Kier alpha value is 0.280. The lowest BCUT2D eigenvalue weighted by atomic mass is 10.0. The highest BCUT2D eigenvalue weighted by Gasteiger charge is 2.42. The summed E-state index contributed by atoms with van der Waals surface area (Å²) in [5.74, 6) is 0. The lowest BCUT2D eigenvalue weighted by molar-refractivity contribution is -0.203. The summed E-state index contributed by atoms with van der Waals surface area (Å²) in [7, 11) is 0. The molecule has 4 N–H and O–H groups in total. The Kier molecular flexibility index (Phi) is 1.56. The minimum Gasteiger partial charge on any atom is -0.394 e. The summed E-state index contributed by atoms with van der Waals surface area (Å²) in [6.07, 6.45) is -13.4. The fourth-order valence-corrected chi connectivity index (χ4v) is 1.02. The third kappa shape index (κ3) is 1.78. The van der Waals surface area contributed by atoms with Gasteiger partial charge in [0.25, 0.3) is 0 Å². The number of alkyl halides is 1. The highest BCUT2D eigenvalue weighted by atomic mass is 79.9. The molecule has 72 valence electrons. The molecule has 0 spiro atoms. The molecule has 5 nitrogen and oxygen atoms in total. The van der Waals surface area contributed by atoms with Crippen molar-refractivity contribution >= 4 is 15.9 Å². The van der Waals surface area contributed by atoms with Crippen molar-refractivity contribution in [2.45, 2.75) is 29.3 Å². The van der Waals surface area contributed by atoms with Gasteiger partial charge in [-0.05, 0) is 0 Å². The van der Waals surface area contributed by atoms with E-state index >= 15 is 0 Å². The highest BCUT2D eigenvalue weighted by molar-refractivity contribution is 9.09. The first-order valence-corrected chi connectivity index (χ1v) is 3.64. The van der Waals surface area contributed by atoms with E-state index in [1.165, 1.54) is 0 Å². The molecule has 0 aromatic rings. The van der Waals surface area contributed by atoms with Crippen LogP contribution < -0.4 is 0 Å². The molecular weight excluding hydrogens is 232 g/mol. The summed E-state index contributed by atoms with van der Waals surface area (Å²) in [4.78, 5) is -2.94. The molecule has 5 atom stereocenters. The smallest absolute Gasteiger partial charge is 0.141 e. The Balaban J connectivity index is 3.42. The van der Waals surface area contributed by atoms with Gasteiger partial charge in [-0.25, -0.2) is 0 Å². The molecule has 0 aliphatic carbocycles. The van der Waals surface area contributed by atoms with Gasteiger partial charge < -0.3 is 25.2 Å². The maximum Gasteiger partial charge on any atom is 0.141 e. The predicted octanol–water partition coefficient (Wildman–Crippen LogP) is -1.82. The van der Waals surface area contributed by atoms with Gasteiger partial charge in [0.2, 0.25) is 0 Å². The normalized spacial score (nSPS) is 82.2. The Morgan fingerprint density at radius 2 is 1.92 bits per heavy atom. The number of halogens is 1. The maximum atomic E-state index is 9.59. The Morgan fingerprint density at radius 1 is 1.33 bits per heavy atom. The molecule has 0 bridgehead atoms. The second kappa shape index (κ2) is 3.99. The highest BCUT2D eigenvalue weighted by Crippen LogP contribution is 2.24. The quantitative estimate of drug-likeness (QED) is 0.411. The molecule has 0 amide bonds. The van der Waals surface area contributed by atoms with Crippen LogP contribution in [-0.2, 0) is 4.74 Å². The predicted molar refractivity (Wildman–Crippen MR) is 42.7 cm³/mol. The maximum absolute atomic E-state index is 9.59. The van der Waals surface area contributed by atoms with Crippen molar-refractivity contribution in [2.75, 3.05) is 6.56 Å². The summed E-state index contributed by atoms with van der Waals surface area (Å²) in [6.45, 7) is -3.40. The molecule has 1 fully saturated rings. The zero-order valence-electron chi connectivity index (χ0n) is 11.7. The Bertz CT molecular complexity index is 353. The van der Waals surface area contributed by atoms with Crippen LogP contribution in [0.5, 0.6) is 0 Å². The molecule has 1 saturated heterocycles. The first kappa shape index (κ1) is 4.68. The standard InChI is InChI=1S/C6H11BrO5/c7-6-5(11)4(10)3(9)2(1-8)12-6/h2-6,8-11H,1H2/i1D2,3D,4D,5D,6D. The first-order chi connectivity index (χ1) is 7.59. The van der Waals surface area contributed by atoms with E-state index in [2.05, 4.69) is 20.7 Å². The number of hydrogen-bond donors (Lipinski definition) is 4. The molecule has 0 saturated carbocycles. The molecule has 0 aromatic heterocycles. The number of aliphatic hydroxyl groups is 4. The second-order valence-electron chi connectivity index (χ2n) is 1.98. The second-order valence-corrected chi connectivity index (χ2v) is 2.70. The van der Waals surface area contributed by atoms with Gasteiger partial charge in [0, 0.05) is 0 Å². The fraction of sp³-hybridized carbons (Fsp3) is 1.00. The molecule has 6 heteroatoms. The van der Waals surface area contributed by atoms with E-state index in [4.69, 9.17) is 13.3 Å². The summed E-state index contributed by atoms with van der Waals surface area (Å²) < 4.78 is 47.5. The lowest BCUT2D eigenvalue weighted by Crippen LogP contribution is -2.56. The SMILES string of the molecule is [2H]C([2H])(O)C1OC([2H])(Br)C([2H])(O)C([2H])(O)C1([2H])O.